The standard InChI is InChI=1S/C9H11BrO/c1-2-7(11)8-5-3-4-6(8)9(5,8)10/h2,5-7,11H,1,3-4H2. The molecule has 0 aromatic heterocycles. The average Bonchev–Trinajstić information content (AvgIpc) is 2.62. The van der Waals surface area contributed by atoms with E-state index >= 15 is 0 Å². The van der Waals surface area contributed by atoms with Gasteiger partial charge >= 0.3 is 0 Å². The summed E-state index contributed by atoms with van der Waals surface area (Å²) >= 11 is 3.74. The van der Waals surface area contributed by atoms with Crippen molar-refractivity contribution < 1.29 is 5.11 Å². The van der Waals surface area contributed by atoms with Crippen LogP contribution in [-0.4, -0.2) is 15.5 Å². The predicted octanol–water partition coefficient (Wildman–Crippen LogP) is 1.71. The zero-order chi connectivity index (χ0) is 7.85. The van der Waals surface area contributed by atoms with Gasteiger partial charge in [0.2, 0.25) is 0 Å². The lowest BCUT2D eigenvalue weighted by molar-refractivity contribution is 0.151. The largest absolute Gasteiger partial charge is 0.388 e. The van der Waals surface area contributed by atoms with Gasteiger partial charge in [0.25, 0.3) is 0 Å². The van der Waals surface area contributed by atoms with Gasteiger partial charge in [0.15, 0.2) is 0 Å². The highest BCUT2D eigenvalue weighted by Crippen LogP contribution is 2.98. The summed E-state index contributed by atoms with van der Waals surface area (Å²) < 4.78 is 0.355. The summed E-state index contributed by atoms with van der Waals surface area (Å²) in [6.45, 7) is 3.65. The van der Waals surface area contributed by atoms with Crippen molar-refractivity contribution in [3.8, 4) is 0 Å². The number of aliphatic hydroxyl groups excluding tert-OH is 1. The Hall–Kier alpha value is 0.180. The van der Waals surface area contributed by atoms with E-state index in [0.29, 0.717) is 4.32 Å². The number of alkyl halides is 1. The fourth-order valence-electron chi connectivity index (χ4n) is 3.63. The molecule has 0 aromatic rings. The van der Waals surface area contributed by atoms with Crippen molar-refractivity contribution in [1.82, 2.24) is 0 Å². The van der Waals surface area contributed by atoms with E-state index in [4.69, 9.17) is 0 Å². The van der Waals surface area contributed by atoms with Crippen molar-refractivity contribution in [3.05, 3.63) is 12.7 Å². The zero-order valence-electron chi connectivity index (χ0n) is 6.26. The molecule has 0 saturated heterocycles. The molecule has 0 aromatic carbocycles. The highest BCUT2D eigenvalue weighted by molar-refractivity contribution is 9.10. The summed E-state index contributed by atoms with van der Waals surface area (Å²) in [5.41, 5.74) is 0.245. The Morgan fingerprint density at radius 1 is 1.55 bits per heavy atom. The van der Waals surface area contributed by atoms with Gasteiger partial charge in [0, 0.05) is 9.74 Å². The van der Waals surface area contributed by atoms with E-state index in [1.54, 1.807) is 6.08 Å². The minimum absolute atomic E-state index is 0.245. The fourth-order valence-corrected chi connectivity index (χ4v) is 5.40. The third kappa shape index (κ3) is 0.383. The van der Waals surface area contributed by atoms with Crippen molar-refractivity contribution in [2.75, 3.05) is 0 Å². The lowest BCUT2D eigenvalue weighted by Crippen LogP contribution is -2.16. The van der Waals surface area contributed by atoms with Crippen molar-refractivity contribution in [2.24, 2.45) is 17.3 Å². The Balaban J connectivity index is 1.97. The number of hydrogen-bond donors (Lipinski definition) is 1. The molecule has 1 N–H and O–H groups in total. The quantitative estimate of drug-likeness (QED) is 0.549. The molecular formula is C9H11BrO. The lowest BCUT2D eigenvalue weighted by Gasteiger charge is -2.10. The normalized spacial score (nSPS) is 65.3. The van der Waals surface area contributed by atoms with Gasteiger partial charge in [-0.2, -0.15) is 0 Å². The van der Waals surface area contributed by atoms with Crippen LogP contribution in [0.1, 0.15) is 12.8 Å². The molecule has 2 heteroatoms. The third-order valence-corrected chi connectivity index (χ3v) is 5.91. The van der Waals surface area contributed by atoms with Gasteiger partial charge in [-0.3, -0.25) is 0 Å². The monoisotopic (exact) mass is 214 g/mol. The lowest BCUT2D eigenvalue weighted by atomic mass is 10.00. The first-order valence-electron chi connectivity index (χ1n) is 4.20. The second-order valence-corrected chi connectivity index (χ2v) is 5.38. The first kappa shape index (κ1) is 6.67. The van der Waals surface area contributed by atoms with E-state index in [1.165, 1.54) is 12.8 Å². The van der Waals surface area contributed by atoms with Crippen LogP contribution in [-0.2, 0) is 0 Å². The Morgan fingerprint density at radius 3 is 2.45 bits per heavy atom. The third-order valence-electron chi connectivity index (χ3n) is 4.12. The van der Waals surface area contributed by atoms with Gasteiger partial charge in [0.1, 0.15) is 0 Å². The van der Waals surface area contributed by atoms with Crippen LogP contribution < -0.4 is 0 Å². The molecule has 4 aliphatic carbocycles. The molecule has 4 rings (SSSR count). The Labute approximate surface area is 74.6 Å². The number of hydrogen-bond acceptors (Lipinski definition) is 1. The number of rotatable bonds is 2. The molecule has 4 saturated carbocycles. The first-order chi connectivity index (χ1) is 5.20. The molecule has 60 valence electrons. The molecular weight excluding hydrogens is 204 g/mol. The maximum Gasteiger partial charge on any atom is 0.0794 e. The highest BCUT2D eigenvalue weighted by Gasteiger charge is 3.00. The summed E-state index contributed by atoms with van der Waals surface area (Å²) in [6.07, 6.45) is 4.04. The topological polar surface area (TPSA) is 20.2 Å². The summed E-state index contributed by atoms with van der Waals surface area (Å²) in [7, 11) is 0. The SMILES string of the molecule is C=CC(O)C12C3CCC1C32Br. The van der Waals surface area contributed by atoms with E-state index in [1.807, 2.05) is 0 Å². The van der Waals surface area contributed by atoms with Crippen LogP contribution in [0.4, 0.5) is 0 Å². The molecule has 0 aliphatic heterocycles. The molecule has 4 fully saturated rings. The number of fused-ring (bicyclic) bond motifs is 1. The smallest absolute Gasteiger partial charge is 0.0794 e. The molecule has 1 nitrogen and oxygen atoms in total. The van der Waals surface area contributed by atoms with Gasteiger partial charge in [-0.25, -0.2) is 0 Å². The highest BCUT2D eigenvalue weighted by atomic mass is 79.9. The van der Waals surface area contributed by atoms with Gasteiger partial charge in [0.05, 0.1) is 6.10 Å². The molecule has 2 bridgehead atoms. The van der Waals surface area contributed by atoms with E-state index in [9.17, 15) is 5.11 Å². The van der Waals surface area contributed by atoms with Gasteiger partial charge in [-0.15, -0.1) is 6.58 Å². The van der Waals surface area contributed by atoms with Crippen LogP contribution in [0, 0.1) is 17.3 Å². The van der Waals surface area contributed by atoms with Crippen LogP contribution in [0.15, 0.2) is 12.7 Å². The average molecular weight is 215 g/mol. The summed E-state index contributed by atoms with van der Waals surface area (Å²) in [5.74, 6) is 1.51. The Kier molecular flexibility index (Phi) is 0.890. The number of halogens is 1. The summed E-state index contributed by atoms with van der Waals surface area (Å²) in [5, 5.41) is 9.70. The van der Waals surface area contributed by atoms with E-state index in [-0.39, 0.29) is 11.5 Å². The predicted molar refractivity (Wildman–Crippen MR) is 46.5 cm³/mol. The van der Waals surface area contributed by atoms with Crippen LogP contribution in [0.25, 0.3) is 0 Å². The van der Waals surface area contributed by atoms with Crippen LogP contribution >= 0.6 is 15.9 Å². The molecule has 0 heterocycles. The second kappa shape index (κ2) is 1.47. The maximum atomic E-state index is 9.70. The van der Waals surface area contributed by atoms with E-state index in [2.05, 4.69) is 22.5 Å². The first-order valence-corrected chi connectivity index (χ1v) is 4.99. The second-order valence-electron chi connectivity index (χ2n) is 4.06. The van der Waals surface area contributed by atoms with Gasteiger partial charge in [-0.1, -0.05) is 22.0 Å². The molecule has 3 atom stereocenters. The van der Waals surface area contributed by atoms with Gasteiger partial charge in [-0.05, 0) is 24.7 Å². The maximum absolute atomic E-state index is 9.70. The molecule has 0 radical (unpaired) electrons. The summed E-state index contributed by atoms with van der Waals surface area (Å²) in [4.78, 5) is 0. The van der Waals surface area contributed by atoms with Crippen molar-refractivity contribution in [1.29, 1.82) is 0 Å². The summed E-state index contributed by atoms with van der Waals surface area (Å²) in [6, 6.07) is 0. The Bertz CT molecular complexity index is 236. The van der Waals surface area contributed by atoms with Crippen molar-refractivity contribution >= 4 is 15.9 Å². The molecule has 4 aliphatic rings. The van der Waals surface area contributed by atoms with Crippen molar-refractivity contribution in [2.45, 2.75) is 23.3 Å². The minimum Gasteiger partial charge on any atom is -0.388 e. The zero-order valence-corrected chi connectivity index (χ0v) is 7.84. The van der Waals surface area contributed by atoms with Crippen LogP contribution in [0.3, 0.4) is 0 Å². The molecule has 11 heavy (non-hydrogen) atoms. The van der Waals surface area contributed by atoms with E-state index in [0.717, 1.165) is 11.8 Å². The van der Waals surface area contributed by atoms with Crippen LogP contribution in [0.2, 0.25) is 0 Å². The molecule has 0 spiro atoms. The van der Waals surface area contributed by atoms with Gasteiger partial charge < -0.3 is 5.11 Å². The molecule has 3 unspecified atom stereocenters. The van der Waals surface area contributed by atoms with Crippen LogP contribution in [0.5, 0.6) is 0 Å². The minimum atomic E-state index is -0.264. The number of aliphatic hydroxyl groups is 1. The van der Waals surface area contributed by atoms with E-state index < -0.39 is 0 Å². The Morgan fingerprint density at radius 2 is 2.09 bits per heavy atom. The fraction of sp³-hybridized carbons (Fsp3) is 0.778. The molecule has 0 amide bonds. The van der Waals surface area contributed by atoms with Crippen molar-refractivity contribution in [3.63, 3.8) is 0 Å².